The maximum Gasteiger partial charge on any atom is 0.0656 e. The molecule has 0 amide bonds. The highest BCUT2D eigenvalue weighted by molar-refractivity contribution is 7.66. The van der Waals surface area contributed by atoms with E-state index in [4.69, 9.17) is 9.97 Å². The van der Waals surface area contributed by atoms with Crippen LogP contribution in [-0.2, 0) is 0 Å². The molecular formula is C30H34N4P2. The average Bonchev–Trinajstić information content (AvgIpc) is 2.94. The Bertz CT molecular complexity index is 1090. The Morgan fingerprint density at radius 2 is 0.889 bits per heavy atom. The second-order valence-corrected chi connectivity index (χ2v) is 13.6. The van der Waals surface area contributed by atoms with Crippen LogP contribution in [0.15, 0.2) is 109 Å². The molecule has 0 aliphatic carbocycles. The molecular weight excluding hydrogens is 478 g/mol. The number of aromatic nitrogens is 2. The topological polar surface area (TPSA) is 32.3 Å². The van der Waals surface area contributed by atoms with Gasteiger partial charge in [0, 0.05) is 49.6 Å². The summed E-state index contributed by atoms with van der Waals surface area (Å²) in [4.78, 5) is 15.1. The second kappa shape index (κ2) is 12.2. The summed E-state index contributed by atoms with van der Waals surface area (Å²) in [5.41, 5.74) is 5.23. The van der Waals surface area contributed by atoms with Crippen molar-refractivity contribution in [3.8, 4) is 0 Å². The molecule has 1 aliphatic heterocycles. The van der Waals surface area contributed by atoms with Gasteiger partial charge in [0.1, 0.15) is 0 Å². The lowest BCUT2D eigenvalue weighted by Gasteiger charge is -2.43. The highest BCUT2D eigenvalue weighted by atomic mass is 31.1. The largest absolute Gasteiger partial charge is 0.288 e. The first-order chi connectivity index (χ1) is 17.7. The summed E-state index contributed by atoms with van der Waals surface area (Å²) in [5.74, 6) is 0. The smallest absolute Gasteiger partial charge is 0.0656 e. The number of nitrogens with zero attached hydrogens (tertiary/aromatic N) is 4. The second-order valence-electron chi connectivity index (χ2n) is 9.37. The first kappa shape index (κ1) is 25.2. The fourth-order valence-corrected chi connectivity index (χ4v) is 10.1. The van der Waals surface area contributed by atoms with Crippen LogP contribution >= 0.6 is 15.8 Å². The fourth-order valence-electron chi connectivity index (χ4n) is 4.80. The van der Waals surface area contributed by atoms with Crippen molar-refractivity contribution in [2.45, 2.75) is 25.9 Å². The number of benzene rings is 2. The molecule has 0 spiro atoms. The van der Waals surface area contributed by atoms with Crippen molar-refractivity contribution in [2.24, 2.45) is 0 Å². The highest BCUT2D eigenvalue weighted by Gasteiger charge is 2.33. The third-order valence-corrected chi connectivity index (χ3v) is 11.7. The zero-order valence-corrected chi connectivity index (χ0v) is 22.8. The molecule has 2 atom stereocenters. The van der Waals surface area contributed by atoms with Crippen molar-refractivity contribution in [2.75, 3.05) is 25.1 Å². The third kappa shape index (κ3) is 6.07. The molecule has 2 aromatic carbocycles. The van der Waals surface area contributed by atoms with E-state index in [9.17, 15) is 0 Å². The summed E-state index contributed by atoms with van der Waals surface area (Å²) in [6.45, 7) is 4.72. The molecule has 0 radical (unpaired) electrons. The van der Waals surface area contributed by atoms with E-state index in [1.807, 2.05) is 24.5 Å². The fraction of sp³-hybridized carbons (Fsp3) is 0.267. The van der Waals surface area contributed by atoms with E-state index >= 15 is 0 Å². The zero-order chi connectivity index (χ0) is 24.7. The van der Waals surface area contributed by atoms with Crippen LogP contribution in [0.1, 0.15) is 37.1 Å². The van der Waals surface area contributed by atoms with Crippen molar-refractivity contribution in [1.29, 1.82) is 0 Å². The van der Waals surface area contributed by atoms with Gasteiger partial charge in [-0.3, -0.25) is 19.8 Å². The van der Waals surface area contributed by atoms with Gasteiger partial charge in [0.2, 0.25) is 0 Å². The van der Waals surface area contributed by atoms with Crippen molar-refractivity contribution >= 4 is 26.7 Å². The minimum absolute atomic E-state index is 0.340. The summed E-state index contributed by atoms with van der Waals surface area (Å²) >= 11 is 0. The maximum atomic E-state index is 4.85. The minimum atomic E-state index is -0.492. The van der Waals surface area contributed by atoms with Crippen molar-refractivity contribution in [3.63, 3.8) is 0 Å². The lowest BCUT2D eigenvalue weighted by Crippen LogP contribution is -2.40. The standard InChI is InChI=1S/C30H34N4P2/c1-25(27-13-5-3-6-14-27)33-21-35(29-17-9-11-19-31-29)23-34(26(2)28-15-7-4-8-16-28)24-36(22-33)30-18-10-12-20-32-30/h3-20,25-26H,21-24H2,1-2H3. The van der Waals surface area contributed by atoms with Gasteiger partial charge in [-0.2, -0.15) is 0 Å². The van der Waals surface area contributed by atoms with E-state index in [0.717, 1.165) is 25.1 Å². The summed E-state index contributed by atoms with van der Waals surface area (Å²) < 4.78 is 0. The molecule has 4 aromatic rings. The number of hydrogen-bond donors (Lipinski definition) is 0. The van der Waals surface area contributed by atoms with Crippen molar-refractivity contribution < 1.29 is 0 Å². The van der Waals surface area contributed by atoms with Gasteiger partial charge in [-0.05, 0) is 65.1 Å². The Balaban J connectivity index is 1.52. The van der Waals surface area contributed by atoms with E-state index < -0.39 is 15.8 Å². The number of hydrogen-bond acceptors (Lipinski definition) is 4. The van der Waals surface area contributed by atoms with Gasteiger partial charge in [0.15, 0.2) is 0 Å². The maximum absolute atomic E-state index is 4.85. The monoisotopic (exact) mass is 512 g/mol. The van der Waals surface area contributed by atoms with Gasteiger partial charge in [-0.1, -0.05) is 72.8 Å². The predicted molar refractivity (Wildman–Crippen MR) is 154 cm³/mol. The molecule has 4 nitrogen and oxygen atoms in total. The molecule has 0 N–H and O–H groups in total. The molecule has 0 bridgehead atoms. The quantitative estimate of drug-likeness (QED) is 0.282. The van der Waals surface area contributed by atoms with Gasteiger partial charge in [-0.25, -0.2) is 0 Å². The van der Waals surface area contributed by atoms with Crippen LogP contribution in [-0.4, -0.2) is 44.9 Å². The van der Waals surface area contributed by atoms with E-state index in [-0.39, 0.29) is 0 Å². The van der Waals surface area contributed by atoms with Crippen LogP contribution < -0.4 is 10.9 Å². The Morgan fingerprint density at radius 1 is 0.528 bits per heavy atom. The SMILES string of the molecule is CC(c1ccccc1)N1CP(c2ccccn2)CN(C(C)c2ccccc2)CP(c2ccccn2)C1. The molecule has 2 unspecified atom stereocenters. The van der Waals surface area contributed by atoms with E-state index in [1.54, 1.807) is 0 Å². The van der Waals surface area contributed by atoms with Crippen molar-refractivity contribution in [3.05, 3.63) is 121 Å². The molecule has 184 valence electrons. The van der Waals surface area contributed by atoms with Crippen LogP contribution in [0.25, 0.3) is 0 Å². The van der Waals surface area contributed by atoms with Gasteiger partial charge in [0.05, 0.1) is 10.9 Å². The van der Waals surface area contributed by atoms with Crippen LogP contribution in [0.2, 0.25) is 0 Å². The van der Waals surface area contributed by atoms with Crippen molar-refractivity contribution in [1.82, 2.24) is 19.8 Å². The summed E-state index contributed by atoms with van der Waals surface area (Å²) in [6.07, 6.45) is 8.04. The first-order valence-electron chi connectivity index (χ1n) is 12.6. The number of pyridine rings is 2. The zero-order valence-electron chi connectivity index (χ0n) is 21.1. The van der Waals surface area contributed by atoms with Gasteiger partial charge in [-0.15, -0.1) is 0 Å². The Morgan fingerprint density at radius 3 is 1.22 bits per heavy atom. The lowest BCUT2D eigenvalue weighted by atomic mass is 10.1. The molecule has 0 saturated carbocycles. The van der Waals surface area contributed by atoms with Crippen LogP contribution in [0, 0.1) is 0 Å². The lowest BCUT2D eigenvalue weighted by molar-refractivity contribution is 0.262. The highest BCUT2D eigenvalue weighted by Crippen LogP contribution is 2.48. The summed E-state index contributed by atoms with van der Waals surface area (Å²) in [5, 5.41) is 0. The first-order valence-corrected chi connectivity index (χ1v) is 16.0. The average molecular weight is 513 g/mol. The predicted octanol–water partition coefficient (Wildman–Crippen LogP) is 6.36. The number of rotatable bonds is 6. The van der Waals surface area contributed by atoms with E-state index in [0.29, 0.717) is 12.1 Å². The van der Waals surface area contributed by atoms with Gasteiger partial charge < -0.3 is 0 Å². The molecule has 36 heavy (non-hydrogen) atoms. The van der Waals surface area contributed by atoms with Crippen LogP contribution in [0.5, 0.6) is 0 Å². The molecule has 5 rings (SSSR count). The molecule has 1 fully saturated rings. The normalized spacial score (nSPS) is 21.3. The minimum Gasteiger partial charge on any atom is -0.288 e. The Hall–Kier alpha value is -2.48. The molecule has 6 heteroatoms. The van der Waals surface area contributed by atoms with Crippen LogP contribution in [0.4, 0.5) is 0 Å². The molecule has 2 aromatic heterocycles. The van der Waals surface area contributed by atoms with Gasteiger partial charge in [0.25, 0.3) is 0 Å². The summed E-state index contributed by atoms with van der Waals surface area (Å²) in [7, 11) is -0.984. The Labute approximate surface area is 217 Å². The molecule has 1 aliphatic rings. The van der Waals surface area contributed by atoms with Gasteiger partial charge >= 0.3 is 0 Å². The molecule has 1 saturated heterocycles. The van der Waals surface area contributed by atoms with E-state index in [1.165, 1.54) is 22.0 Å². The summed E-state index contributed by atoms with van der Waals surface area (Å²) in [6, 6.07) is 35.3. The van der Waals surface area contributed by atoms with Crippen LogP contribution in [0.3, 0.4) is 0 Å². The Kier molecular flexibility index (Phi) is 8.51. The molecule has 3 heterocycles. The third-order valence-electron chi connectivity index (χ3n) is 7.02. The van der Waals surface area contributed by atoms with E-state index in [2.05, 4.69) is 109 Å².